The zero-order valence-electron chi connectivity index (χ0n) is 15.9. The fourth-order valence-corrected chi connectivity index (χ4v) is 3.79. The molecule has 3 aromatic rings. The summed E-state index contributed by atoms with van der Waals surface area (Å²) < 4.78 is 0. The van der Waals surface area contributed by atoms with Gasteiger partial charge in [-0.25, -0.2) is 15.0 Å². The molecule has 29 heavy (non-hydrogen) atoms. The van der Waals surface area contributed by atoms with Gasteiger partial charge in [-0.2, -0.15) is 5.10 Å². The average molecular weight is 387 g/mol. The quantitative estimate of drug-likeness (QED) is 0.591. The first kappa shape index (κ1) is 17.5. The van der Waals surface area contributed by atoms with Gasteiger partial charge in [-0.05, 0) is 32.1 Å². The van der Waals surface area contributed by atoms with Crippen molar-refractivity contribution < 1.29 is 4.79 Å². The second kappa shape index (κ2) is 7.46. The lowest BCUT2D eigenvalue weighted by Crippen LogP contribution is -2.40. The van der Waals surface area contributed by atoms with Crippen molar-refractivity contribution >= 4 is 17.5 Å². The summed E-state index contributed by atoms with van der Waals surface area (Å²) in [6, 6.07) is 7.56. The van der Waals surface area contributed by atoms with Gasteiger partial charge in [0.1, 0.15) is 12.4 Å². The number of nitrogens with one attached hydrogen (secondary N) is 3. The number of hydrogen-bond acceptors (Lipinski definition) is 6. The summed E-state index contributed by atoms with van der Waals surface area (Å²) >= 11 is 0. The molecule has 0 unspecified atom stereocenters. The SMILES string of the molecule is O=C1Nc2ncc(-c3ccc(-c4ncn[nH]4)cc3)nc2N[C@H]1CC1=CCCCC1. The molecule has 5 rings (SSSR count). The van der Waals surface area contributed by atoms with Crippen molar-refractivity contribution in [3.63, 3.8) is 0 Å². The van der Waals surface area contributed by atoms with Gasteiger partial charge in [0.25, 0.3) is 0 Å². The smallest absolute Gasteiger partial charge is 0.248 e. The van der Waals surface area contributed by atoms with Crippen LogP contribution in [0, 0.1) is 0 Å². The van der Waals surface area contributed by atoms with Crippen LogP contribution in [-0.4, -0.2) is 37.1 Å². The number of H-pyrrole nitrogens is 1. The summed E-state index contributed by atoms with van der Waals surface area (Å²) in [5.74, 6) is 1.76. The molecule has 0 saturated carbocycles. The third-order valence-electron chi connectivity index (χ3n) is 5.36. The van der Waals surface area contributed by atoms with Crippen LogP contribution in [0.15, 0.2) is 48.4 Å². The molecule has 0 fully saturated rings. The van der Waals surface area contributed by atoms with E-state index in [1.165, 1.54) is 24.7 Å². The van der Waals surface area contributed by atoms with Crippen LogP contribution in [-0.2, 0) is 4.79 Å². The van der Waals surface area contributed by atoms with Crippen molar-refractivity contribution in [2.45, 2.75) is 38.1 Å². The van der Waals surface area contributed by atoms with E-state index < -0.39 is 0 Å². The number of rotatable bonds is 4. The van der Waals surface area contributed by atoms with Gasteiger partial charge in [-0.1, -0.05) is 35.9 Å². The molecule has 146 valence electrons. The molecular weight excluding hydrogens is 366 g/mol. The minimum Gasteiger partial charge on any atom is -0.355 e. The Balaban J connectivity index is 1.37. The largest absolute Gasteiger partial charge is 0.355 e. The third kappa shape index (κ3) is 3.61. The first-order valence-corrected chi connectivity index (χ1v) is 9.85. The molecule has 8 heteroatoms. The lowest BCUT2D eigenvalue weighted by atomic mass is 9.93. The van der Waals surface area contributed by atoms with E-state index in [2.05, 4.69) is 36.9 Å². The molecule has 2 aliphatic rings. The molecule has 3 heterocycles. The number of nitrogens with zero attached hydrogens (tertiary/aromatic N) is 4. The van der Waals surface area contributed by atoms with Crippen LogP contribution < -0.4 is 10.6 Å². The highest BCUT2D eigenvalue weighted by Gasteiger charge is 2.28. The molecule has 1 aliphatic carbocycles. The Morgan fingerprint density at radius 1 is 1.03 bits per heavy atom. The predicted molar refractivity (Wildman–Crippen MR) is 110 cm³/mol. The van der Waals surface area contributed by atoms with E-state index in [4.69, 9.17) is 4.98 Å². The molecular formula is C21H21N7O. The Bertz CT molecular complexity index is 1060. The number of anilines is 2. The zero-order chi connectivity index (χ0) is 19.6. The van der Waals surface area contributed by atoms with Crippen LogP contribution in [0.25, 0.3) is 22.6 Å². The van der Waals surface area contributed by atoms with Crippen molar-refractivity contribution in [3.05, 3.63) is 48.4 Å². The minimum atomic E-state index is -0.315. The van der Waals surface area contributed by atoms with Crippen LogP contribution in [0.3, 0.4) is 0 Å². The van der Waals surface area contributed by atoms with E-state index in [-0.39, 0.29) is 11.9 Å². The van der Waals surface area contributed by atoms with Gasteiger partial charge in [0, 0.05) is 11.1 Å². The van der Waals surface area contributed by atoms with Crippen LogP contribution >= 0.6 is 0 Å². The molecule has 3 N–H and O–H groups in total. The molecule has 1 aromatic carbocycles. The highest BCUT2D eigenvalue weighted by molar-refractivity contribution is 6.01. The number of benzene rings is 1. The van der Waals surface area contributed by atoms with E-state index in [1.54, 1.807) is 6.20 Å². The Kier molecular flexibility index (Phi) is 4.51. The summed E-state index contributed by atoms with van der Waals surface area (Å²) in [5.41, 5.74) is 3.98. The van der Waals surface area contributed by atoms with Crippen LogP contribution in [0.2, 0.25) is 0 Å². The van der Waals surface area contributed by atoms with Gasteiger partial charge in [-0.3, -0.25) is 9.89 Å². The Labute approximate surface area is 167 Å². The molecule has 1 amide bonds. The van der Waals surface area contributed by atoms with Gasteiger partial charge < -0.3 is 10.6 Å². The van der Waals surface area contributed by atoms with Gasteiger partial charge in [0.15, 0.2) is 17.5 Å². The maximum Gasteiger partial charge on any atom is 0.248 e. The fraction of sp³-hybridized carbons (Fsp3) is 0.286. The first-order chi connectivity index (χ1) is 14.3. The number of allylic oxidation sites excluding steroid dienone is 1. The van der Waals surface area contributed by atoms with Crippen molar-refractivity contribution in [1.82, 2.24) is 25.1 Å². The number of amides is 1. The van der Waals surface area contributed by atoms with Crippen LogP contribution in [0.4, 0.5) is 11.6 Å². The van der Waals surface area contributed by atoms with Crippen LogP contribution in [0.5, 0.6) is 0 Å². The molecule has 2 aromatic heterocycles. The molecule has 0 radical (unpaired) electrons. The summed E-state index contributed by atoms with van der Waals surface area (Å²) in [7, 11) is 0. The lowest BCUT2D eigenvalue weighted by Gasteiger charge is -2.27. The summed E-state index contributed by atoms with van der Waals surface area (Å²) in [6.45, 7) is 0. The van der Waals surface area contributed by atoms with Gasteiger partial charge in [0.2, 0.25) is 5.91 Å². The number of hydrogen-bond donors (Lipinski definition) is 3. The Hall–Kier alpha value is -3.55. The molecule has 0 saturated heterocycles. The normalized spacial score (nSPS) is 18.4. The first-order valence-electron chi connectivity index (χ1n) is 9.85. The summed E-state index contributed by atoms with van der Waals surface area (Å²) in [6.07, 6.45) is 10.8. The lowest BCUT2D eigenvalue weighted by molar-refractivity contribution is -0.117. The van der Waals surface area contributed by atoms with Crippen molar-refractivity contribution in [2.24, 2.45) is 0 Å². The predicted octanol–water partition coefficient (Wildman–Crippen LogP) is 3.55. The summed E-state index contributed by atoms with van der Waals surface area (Å²) in [4.78, 5) is 25.7. The number of aromatic nitrogens is 5. The fourth-order valence-electron chi connectivity index (χ4n) is 3.79. The molecule has 8 nitrogen and oxygen atoms in total. The van der Waals surface area contributed by atoms with Crippen molar-refractivity contribution in [2.75, 3.05) is 10.6 Å². The molecule has 1 atom stereocenters. The zero-order valence-corrected chi connectivity index (χ0v) is 15.9. The second-order valence-corrected chi connectivity index (χ2v) is 7.36. The van der Waals surface area contributed by atoms with Crippen molar-refractivity contribution in [1.29, 1.82) is 0 Å². The number of carbonyl (C=O) groups is 1. The maximum atomic E-state index is 12.5. The Morgan fingerprint density at radius 3 is 2.66 bits per heavy atom. The van der Waals surface area contributed by atoms with E-state index in [1.807, 2.05) is 24.3 Å². The van der Waals surface area contributed by atoms with Gasteiger partial charge in [-0.15, -0.1) is 0 Å². The average Bonchev–Trinajstić information content (AvgIpc) is 3.30. The van der Waals surface area contributed by atoms with E-state index in [0.29, 0.717) is 18.1 Å². The number of fused-ring (bicyclic) bond motifs is 1. The second-order valence-electron chi connectivity index (χ2n) is 7.36. The topological polar surface area (TPSA) is 108 Å². The Morgan fingerprint density at radius 2 is 1.90 bits per heavy atom. The number of aromatic amines is 1. The van der Waals surface area contributed by atoms with Crippen molar-refractivity contribution in [3.8, 4) is 22.6 Å². The summed E-state index contributed by atoms with van der Waals surface area (Å²) in [5, 5.41) is 12.9. The minimum absolute atomic E-state index is 0.0533. The van der Waals surface area contributed by atoms with Crippen LogP contribution in [0.1, 0.15) is 32.1 Å². The molecule has 0 spiro atoms. The van der Waals surface area contributed by atoms with E-state index >= 15 is 0 Å². The third-order valence-corrected chi connectivity index (χ3v) is 5.36. The van der Waals surface area contributed by atoms with E-state index in [9.17, 15) is 4.79 Å². The standard InChI is InChI=1S/C21H21N7O/c29-21-16(10-13-4-2-1-3-5-13)25-20-19(27-21)22-11-17(26-20)14-6-8-15(9-7-14)18-23-12-24-28-18/h4,6-9,11-12,16H,1-3,5,10H2,(H,25,26)(H,22,27,29)(H,23,24,28)/t16-/m0/s1. The molecule has 0 bridgehead atoms. The van der Waals surface area contributed by atoms with Gasteiger partial charge >= 0.3 is 0 Å². The van der Waals surface area contributed by atoms with Gasteiger partial charge in [0.05, 0.1) is 11.9 Å². The molecule has 1 aliphatic heterocycles. The maximum absolute atomic E-state index is 12.5. The van der Waals surface area contributed by atoms with E-state index in [0.717, 1.165) is 35.5 Å². The highest BCUT2D eigenvalue weighted by atomic mass is 16.2. The number of carbonyl (C=O) groups excluding carboxylic acids is 1. The highest BCUT2D eigenvalue weighted by Crippen LogP contribution is 2.30. The monoisotopic (exact) mass is 387 g/mol.